The number of hydrogen-bond donors (Lipinski definition) is 0. The molecule has 2 saturated carbocycles. The molecule has 2 aromatic carbocycles. The first kappa shape index (κ1) is 20.5. The van der Waals surface area contributed by atoms with Crippen LogP contribution in [0.25, 0.3) is 10.8 Å². The molecule has 0 bridgehead atoms. The van der Waals surface area contributed by atoms with Crippen molar-refractivity contribution in [1.82, 2.24) is 0 Å². The van der Waals surface area contributed by atoms with E-state index in [9.17, 15) is 8.78 Å². The van der Waals surface area contributed by atoms with Crippen LogP contribution in [0, 0.1) is 35.2 Å². The van der Waals surface area contributed by atoms with Gasteiger partial charge in [-0.15, -0.1) is 0 Å². The van der Waals surface area contributed by atoms with Gasteiger partial charge in [0, 0.05) is 0 Å². The summed E-state index contributed by atoms with van der Waals surface area (Å²) in [5.74, 6) is -0.278. The standard InChI is InChI=1S/C26H31F3/c1-3-4-5-6-17-9-12-21-15-22(25(28)26(29)23(21)24(17)27)20-11-10-18-13-16(2)7-8-19(18)14-20/h3-4,9,12,15-16,18-20H,5-8,10-11,13-14H2,1-2H3/b4-3+/t16?,18-,19?,20-/m1/s1. The Hall–Kier alpha value is -1.77. The summed E-state index contributed by atoms with van der Waals surface area (Å²) < 4.78 is 45.0. The number of hydrogen-bond acceptors (Lipinski definition) is 0. The smallest absolute Gasteiger partial charge is 0.169 e. The van der Waals surface area contributed by atoms with Crippen LogP contribution in [0.15, 0.2) is 30.4 Å². The molecule has 156 valence electrons. The van der Waals surface area contributed by atoms with Crippen molar-refractivity contribution in [2.45, 2.75) is 71.1 Å². The average molecular weight is 401 g/mol. The topological polar surface area (TPSA) is 0 Å². The predicted octanol–water partition coefficient (Wildman–Crippen LogP) is 8.09. The van der Waals surface area contributed by atoms with Crippen molar-refractivity contribution in [3.63, 3.8) is 0 Å². The van der Waals surface area contributed by atoms with E-state index in [-0.39, 0.29) is 11.3 Å². The van der Waals surface area contributed by atoms with Crippen LogP contribution in [0.1, 0.15) is 75.8 Å². The summed E-state index contributed by atoms with van der Waals surface area (Å²) in [4.78, 5) is 0. The normalized spacial score (nSPS) is 27.5. The van der Waals surface area contributed by atoms with E-state index in [1.807, 2.05) is 19.1 Å². The van der Waals surface area contributed by atoms with E-state index in [0.717, 1.165) is 31.1 Å². The largest absolute Gasteiger partial charge is 0.206 e. The molecule has 0 saturated heterocycles. The van der Waals surface area contributed by atoms with E-state index in [1.165, 1.54) is 19.3 Å². The third-order valence-electron chi connectivity index (χ3n) is 7.36. The van der Waals surface area contributed by atoms with Gasteiger partial charge in [-0.3, -0.25) is 0 Å². The molecule has 2 fully saturated rings. The summed E-state index contributed by atoms with van der Waals surface area (Å²) in [6.07, 6.45) is 11.7. The molecule has 2 unspecified atom stereocenters. The van der Waals surface area contributed by atoms with Crippen LogP contribution in [-0.4, -0.2) is 0 Å². The number of allylic oxidation sites excluding steroid dienone is 2. The summed E-state index contributed by atoms with van der Waals surface area (Å²) in [6, 6.07) is 5.19. The molecule has 4 atom stereocenters. The van der Waals surface area contributed by atoms with Crippen molar-refractivity contribution < 1.29 is 13.2 Å². The third-order valence-corrected chi connectivity index (χ3v) is 7.36. The summed E-state index contributed by atoms with van der Waals surface area (Å²) in [5, 5.41) is 0.287. The lowest BCUT2D eigenvalue weighted by molar-refractivity contribution is 0.123. The number of halogens is 3. The van der Waals surface area contributed by atoms with Gasteiger partial charge in [0.15, 0.2) is 11.6 Å². The second-order valence-corrected chi connectivity index (χ2v) is 9.29. The van der Waals surface area contributed by atoms with E-state index in [4.69, 9.17) is 0 Å². The van der Waals surface area contributed by atoms with Gasteiger partial charge in [-0.25, -0.2) is 13.2 Å². The molecular formula is C26H31F3. The number of aryl methyl sites for hydroxylation is 1. The molecule has 2 aromatic rings. The highest BCUT2D eigenvalue weighted by molar-refractivity contribution is 5.85. The maximum absolute atomic E-state index is 15.1. The lowest BCUT2D eigenvalue weighted by Crippen LogP contribution is -2.30. The zero-order chi connectivity index (χ0) is 20.5. The molecule has 0 N–H and O–H groups in total. The SMILES string of the molecule is C/C=C/CCc1ccc2cc([C@@H]3CC[C@@H]4CC(C)CCC4C3)c(F)c(F)c2c1F. The molecule has 3 heteroatoms. The Balaban J connectivity index is 1.64. The molecule has 0 aliphatic heterocycles. The molecule has 0 nitrogen and oxygen atoms in total. The van der Waals surface area contributed by atoms with Gasteiger partial charge in [0.1, 0.15) is 5.82 Å². The Morgan fingerprint density at radius 1 is 0.931 bits per heavy atom. The van der Waals surface area contributed by atoms with Gasteiger partial charge in [-0.1, -0.05) is 37.6 Å². The molecular weight excluding hydrogens is 369 g/mol. The molecule has 0 amide bonds. The first-order valence-electron chi connectivity index (χ1n) is 11.2. The lowest BCUT2D eigenvalue weighted by Gasteiger charge is -2.41. The zero-order valence-corrected chi connectivity index (χ0v) is 17.5. The Labute approximate surface area is 172 Å². The Morgan fingerprint density at radius 2 is 1.69 bits per heavy atom. The first-order valence-corrected chi connectivity index (χ1v) is 11.2. The molecule has 0 spiro atoms. The number of fused-ring (bicyclic) bond motifs is 2. The van der Waals surface area contributed by atoms with Crippen molar-refractivity contribution >= 4 is 10.8 Å². The lowest BCUT2D eigenvalue weighted by atomic mass is 9.64. The van der Waals surface area contributed by atoms with Gasteiger partial charge >= 0.3 is 0 Å². The van der Waals surface area contributed by atoms with Crippen LogP contribution in [0.2, 0.25) is 0 Å². The van der Waals surface area contributed by atoms with E-state index in [2.05, 4.69) is 6.92 Å². The van der Waals surface area contributed by atoms with Crippen LogP contribution in [0.4, 0.5) is 13.2 Å². The zero-order valence-electron chi connectivity index (χ0n) is 17.5. The minimum absolute atomic E-state index is 0.0426. The van der Waals surface area contributed by atoms with Crippen molar-refractivity contribution in [1.29, 1.82) is 0 Å². The molecule has 0 aromatic heterocycles. The van der Waals surface area contributed by atoms with E-state index >= 15 is 4.39 Å². The first-order chi connectivity index (χ1) is 14.0. The van der Waals surface area contributed by atoms with Crippen molar-refractivity contribution in [2.24, 2.45) is 17.8 Å². The fourth-order valence-electron chi connectivity index (χ4n) is 5.75. The quantitative estimate of drug-likeness (QED) is 0.455. The molecule has 2 aliphatic rings. The minimum Gasteiger partial charge on any atom is -0.206 e. The summed E-state index contributed by atoms with van der Waals surface area (Å²) in [5.41, 5.74) is 0.895. The van der Waals surface area contributed by atoms with Crippen molar-refractivity contribution in [3.8, 4) is 0 Å². The van der Waals surface area contributed by atoms with Crippen LogP contribution in [0.5, 0.6) is 0 Å². The van der Waals surface area contributed by atoms with Gasteiger partial charge in [-0.2, -0.15) is 0 Å². The Morgan fingerprint density at radius 3 is 2.48 bits per heavy atom. The minimum atomic E-state index is -1.01. The van der Waals surface area contributed by atoms with Crippen LogP contribution in [0.3, 0.4) is 0 Å². The fourth-order valence-corrected chi connectivity index (χ4v) is 5.75. The van der Waals surface area contributed by atoms with Crippen molar-refractivity contribution in [3.05, 3.63) is 58.9 Å². The van der Waals surface area contributed by atoms with Crippen molar-refractivity contribution in [2.75, 3.05) is 0 Å². The summed E-state index contributed by atoms with van der Waals surface area (Å²) >= 11 is 0. The van der Waals surface area contributed by atoms with Gasteiger partial charge in [0.05, 0.1) is 5.39 Å². The Bertz CT molecular complexity index is 914. The molecule has 29 heavy (non-hydrogen) atoms. The molecule has 0 radical (unpaired) electrons. The second-order valence-electron chi connectivity index (χ2n) is 9.29. The number of benzene rings is 2. The van der Waals surface area contributed by atoms with E-state index in [1.54, 1.807) is 18.2 Å². The third kappa shape index (κ3) is 3.98. The van der Waals surface area contributed by atoms with Crippen LogP contribution >= 0.6 is 0 Å². The summed E-state index contributed by atoms with van der Waals surface area (Å²) in [6.45, 7) is 4.23. The predicted molar refractivity (Wildman–Crippen MR) is 114 cm³/mol. The highest BCUT2D eigenvalue weighted by Gasteiger charge is 2.36. The van der Waals surface area contributed by atoms with Gasteiger partial charge < -0.3 is 0 Å². The maximum Gasteiger partial charge on any atom is 0.169 e. The Kier molecular flexibility index (Phi) is 6.03. The van der Waals surface area contributed by atoms with Crippen LogP contribution in [-0.2, 0) is 6.42 Å². The molecule has 4 rings (SSSR count). The highest BCUT2D eigenvalue weighted by Crippen LogP contribution is 2.48. The van der Waals surface area contributed by atoms with Gasteiger partial charge in [0.25, 0.3) is 0 Å². The monoisotopic (exact) mass is 400 g/mol. The van der Waals surface area contributed by atoms with Gasteiger partial charge in [-0.05, 0) is 98.1 Å². The second kappa shape index (κ2) is 8.53. The fraction of sp³-hybridized carbons (Fsp3) is 0.538. The van der Waals surface area contributed by atoms with E-state index in [0.29, 0.717) is 35.3 Å². The summed E-state index contributed by atoms with van der Waals surface area (Å²) in [7, 11) is 0. The molecule has 0 heterocycles. The van der Waals surface area contributed by atoms with E-state index < -0.39 is 17.5 Å². The van der Waals surface area contributed by atoms with Gasteiger partial charge in [0.2, 0.25) is 0 Å². The molecule has 2 aliphatic carbocycles. The number of rotatable bonds is 4. The highest BCUT2D eigenvalue weighted by atomic mass is 19.2. The van der Waals surface area contributed by atoms with Crippen LogP contribution < -0.4 is 0 Å². The maximum atomic E-state index is 15.1. The average Bonchev–Trinajstić information content (AvgIpc) is 2.72.